The van der Waals surface area contributed by atoms with Crippen molar-refractivity contribution in [2.75, 3.05) is 13.1 Å². The Labute approximate surface area is 78.9 Å². The van der Waals surface area contributed by atoms with Gasteiger partial charge >= 0.3 is 0 Å². The normalized spacial score (nSPS) is 21.3. The van der Waals surface area contributed by atoms with Crippen LogP contribution in [0.3, 0.4) is 0 Å². The molecule has 0 radical (unpaired) electrons. The van der Waals surface area contributed by atoms with E-state index >= 15 is 0 Å². The van der Waals surface area contributed by atoms with E-state index in [0.717, 1.165) is 13.1 Å². The maximum atomic E-state index is 11.0. The number of aliphatic hydroxyl groups excluding tert-OH is 1. The van der Waals surface area contributed by atoms with Gasteiger partial charge in [-0.2, -0.15) is 0 Å². The summed E-state index contributed by atoms with van der Waals surface area (Å²) in [6, 6.07) is 0.768. The molecule has 1 rings (SSSR count). The largest absolute Gasteiger partial charge is 0.384 e. The molecule has 0 aromatic rings. The van der Waals surface area contributed by atoms with Gasteiger partial charge in [0.2, 0.25) is 5.91 Å². The molecule has 0 aliphatic carbocycles. The fraction of sp³-hybridized carbons (Fsp3) is 0.889. The number of aliphatic hydroxyl groups is 1. The van der Waals surface area contributed by atoms with E-state index in [1.165, 1.54) is 6.92 Å². The molecule has 0 saturated carbocycles. The number of nitrogens with zero attached hydrogens (tertiary/aromatic N) is 1. The topological polar surface area (TPSA) is 52.6 Å². The van der Waals surface area contributed by atoms with E-state index in [4.69, 9.17) is 5.11 Å². The fourth-order valence-electron chi connectivity index (χ4n) is 1.35. The third-order valence-electron chi connectivity index (χ3n) is 2.37. The van der Waals surface area contributed by atoms with Gasteiger partial charge in [-0.15, -0.1) is 0 Å². The standard InChI is InChI=1S/C9H18N2O2/c1-6(2)11-4-8(5-11)10-9(13)7(3)12/h6-8,12H,4-5H2,1-3H3,(H,10,13). The average molecular weight is 186 g/mol. The molecule has 1 amide bonds. The molecule has 1 aliphatic rings. The highest BCUT2D eigenvalue weighted by atomic mass is 16.3. The number of nitrogens with one attached hydrogen (secondary N) is 1. The quantitative estimate of drug-likeness (QED) is 0.629. The Hall–Kier alpha value is -0.610. The molecule has 0 spiro atoms. The summed E-state index contributed by atoms with van der Waals surface area (Å²) in [6.07, 6.45) is -0.895. The van der Waals surface area contributed by atoms with Crippen molar-refractivity contribution < 1.29 is 9.90 Å². The summed E-state index contributed by atoms with van der Waals surface area (Å²) in [5, 5.41) is 11.7. The molecule has 1 fully saturated rings. The van der Waals surface area contributed by atoms with Crippen molar-refractivity contribution in [3.8, 4) is 0 Å². The zero-order valence-electron chi connectivity index (χ0n) is 8.45. The van der Waals surface area contributed by atoms with Crippen LogP contribution in [0.5, 0.6) is 0 Å². The second kappa shape index (κ2) is 4.07. The molecule has 1 unspecified atom stereocenters. The van der Waals surface area contributed by atoms with Crippen molar-refractivity contribution in [1.82, 2.24) is 10.2 Å². The van der Waals surface area contributed by atoms with Crippen molar-refractivity contribution in [3.05, 3.63) is 0 Å². The first-order chi connectivity index (χ1) is 6.00. The molecule has 1 saturated heterocycles. The number of hydrogen-bond donors (Lipinski definition) is 2. The highest BCUT2D eigenvalue weighted by Crippen LogP contribution is 2.11. The Bertz CT molecular complexity index is 186. The van der Waals surface area contributed by atoms with E-state index < -0.39 is 6.10 Å². The maximum Gasteiger partial charge on any atom is 0.248 e. The summed E-state index contributed by atoms with van der Waals surface area (Å²) >= 11 is 0. The Morgan fingerprint density at radius 3 is 2.38 bits per heavy atom. The highest BCUT2D eigenvalue weighted by molar-refractivity contribution is 5.80. The van der Waals surface area contributed by atoms with Crippen LogP contribution in [0.25, 0.3) is 0 Å². The van der Waals surface area contributed by atoms with Gasteiger partial charge in [-0.25, -0.2) is 0 Å². The highest BCUT2D eigenvalue weighted by Gasteiger charge is 2.29. The summed E-state index contributed by atoms with van der Waals surface area (Å²) < 4.78 is 0. The van der Waals surface area contributed by atoms with Gasteiger partial charge in [0, 0.05) is 19.1 Å². The minimum atomic E-state index is -0.895. The lowest BCUT2D eigenvalue weighted by Gasteiger charge is -2.42. The summed E-state index contributed by atoms with van der Waals surface area (Å²) in [7, 11) is 0. The lowest BCUT2D eigenvalue weighted by Crippen LogP contribution is -2.62. The van der Waals surface area contributed by atoms with Crippen molar-refractivity contribution >= 4 is 5.91 Å². The molecule has 2 N–H and O–H groups in total. The Morgan fingerprint density at radius 1 is 1.46 bits per heavy atom. The minimum Gasteiger partial charge on any atom is -0.384 e. The average Bonchev–Trinajstić information content (AvgIpc) is 1.94. The van der Waals surface area contributed by atoms with Crippen molar-refractivity contribution in [2.45, 2.75) is 39.0 Å². The molecule has 1 atom stereocenters. The van der Waals surface area contributed by atoms with Crippen LogP contribution < -0.4 is 5.32 Å². The van der Waals surface area contributed by atoms with E-state index in [1.54, 1.807) is 0 Å². The molecule has 1 heterocycles. The number of carbonyl (C=O) groups is 1. The Kier molecular flexibility index (Phi) is 3.27. The number of hydrogen-bond acceptors (Lipinski definition) is 3. The number of rotatable bonds is 3. The monoisotopic (exact) mass is 186 g/mol. The summed E-state index contributed by atoms with van der Waals surface area (Å²) in [5.41, 5.74) is 0. The second-order valence-corrected chi connectivity index (χ2v) is 3.93. The molecule has 4 heteroatoms. The molecule has 0 aromatic carbocycles. The predicted molar refractivity (Wildman–Crippen MR) is 50.3 cm³/mol. The number of likely N-dealkylation sites (tertiary alicyclic amines) is 1. The molecule has 0 bridgehead atoms. The molecular formula is C9H18N2O2. The van der Waals surface area contributed by atoms with Crippen molar-refractivity contribution in [3.63, 3.8) is 0 Å². The Balaban J connectivity index is 2.18. The lowest BCUT2D eigenvalue weighted by molar-refractivity contribution is -0.130. The van der Waals surface area contributed by atoms with Crippen molar-refractivity contribution in [1.29, 1.82) is 0 Å². The third kappa shape index (κ3) is 2.67. The lowest BCUT2D eigenvalue weighted by atomic mass is 10.1. The van der Waals surface area contributed by atoms with Crippen LogP contribution in [0.4, 0.5) is 0 Å². The van der Waals surface area contributed by atoms with E-state index in [1.807, 2.05) is 0 Å². The van der Waals surface area contributed by atoms with Gasteiger partial charge in [0.25, 0.3) is 0 Å². The number of amides is 1. The van der Waals surface area contributed by atoms with E-state index in [2.05, 4.69) is 24.1 Å². The van der Waals surface area contributed by atoms with Gasteiger partial charge in [-0.05, 0) is 20.8 Å². The first-order valence-corrected chi connectivity index (χ1v) is 4.73. The SMILES string of the molecule is CC(O)C(=O)NC1CN(C(C)C)C1. The molecule has 0 aromatic heterocycles. The van der Waals surface area contributed by atoms with Gasteiger partial charge in [0.05, 0.1) is 6.04 Å². The molecule has 1 aliphatic heterocycles. The van der Waals surface area contributed by atoms with Gasteiger partial charge in [-0.3, -0.25) is 9.69 Å². The molecule has 4 nitrogen and oxygen atoms in total. The second-order valence-electron chi connectivity index (χ2n) is 3.93. The zero-order valence-corrected chi connectivity index (χ0v) is 8.45. The molecule has 76 valence electrons. The smallest absolute Gasteiger partial charge is 0.248 e. The predicted octanol–water partition coefficient (Wildman–Crippen LogP) is -0.424. The van der Waals surface area contributed by atoms with Gasteiger partial charge in [0.1, 0.15) is 6.10 Å². The van der Waals surface area contributed by atoms with E-state index in [9.17, 15) is 4.79 Å². The van der Waals surface area contributed by atoms with Crippen LogP contribution in [-0.4, -0.2) is 47.2 Å². The van der Waals surface area contributed by atoms with Crippen LogP contribution in [0.15, 0.2) is 0 Å². The fourth-order valence-corrected chi connectivity index (χ4v) is 1.35. The van der Waals surface area contributed by atoms with Crippen LogP contribution in [0.2, 0.25) is 0 Å². The van der Waals surface area contributed by atoms with Gasteiger partial charge in [0.15, 0.2) is 0 Å². The molecule has 13 heavy (non-hydrogen) atoms. The first kappa shape index (κ1) is 10.5. The van der Waals surface area contributed by atoms with E-state index in [-0.39, 0.29) is 11.9 Å². The zero-order chi connectivity index (χ0) is 10.0. The summed E-state index contributed by atoms with van der Waals surface area (Å²) in [6.45, 7) is 7.54. The van der Waals surface area contributed by atoms with Crippen LogP contribution >= 0.6 is 0 Å². The van der Waals surface area contributed by atoms with Crippen LogP contribution in [0, 0.1) is 0 Å². The first-order valence-electron chi connectivity index (χ1n) is 4.73. The van der Waals surface area contributed by atoms with E-state index in [0.29, 0.717) is 6.04 Å². The van der Waals surface area contributed by atoms with Crippen LogP contribution in [-0.2, 0) is 4.79 Å². The van der Waals surface area contributed by atoms with Crippen LogP contribution in [0.1, 0.15) is 20.8 Å². The summed E-state index contributed by atoms with van der Waals surface area (Å²) in [4.78, 5) is 13.3. The maximum absolute atomic E-state index is 11.0. The van der Waals surface area contributed by atoms with Gasteiger partial charge in [-0.1, -0.05) is 0 Å². The molecular weight excluding hydrogens is 168 g/mol. The minimum absolute atomic E-state index is 0.226. The van der Waals surface area contributed by atoms with Crippen molar-refractivity contribution in [2.24, 2.45) is 0 Å². The van der Waals surface area contributed by atoms with Gasteiger partial charge < -0.3 is 10.4 Å². The Morgan fingerprint density at radius 2 is 2.00 bits per heavy atom. The number of carbonyl (C=O) groups excluding carboxylic acids is 1. The third-order valence-corrected chi connectivity index (χ3v) is 2.37. The summed E-state index contributed by atoms with van der Waals surface area (Å²) in [5.74, 6) is -0.270.